The Morgan fingerprint density at radius 1 is 1.21 bits per heavy atom. The zero-order chi connectivity index (χ0) is 16.7. The highest BCUT2D eigenvalue weighted by atomic mass is 16.5. The minimum Gasteiger partial charge on any atom is -0.457 e. The molecule has 1 heterocycles. The SMILES string of the molecule is Cc1[nH]c2ccccc2c1C(=O)COC(=O)CC1CC2CCC1C2. The van der Waals surface area contributed by atoms with Crippen LogP contribution in [-0.2, 0) is 9.53 Å². The molecule has 4 nitrogen and oxygen atoms in total. The minimum absolute atomic E-state index is 0.133. The van der Waals surface area contributed by atoms with E-state index in [0.717, 1.165) is 28.9 Å². The van der Waals surface area contributed by atoms with Crippen LogP contribution in [0, 0.1) is 24.7 Å². The van der Waals surface area contributed by atoms with Crippen LogP contribution in [0.15, 0.2) is 24.3 Å². The lowest BCUT2D eigenvalue weighted by molar-refractivity contribution is -0.144. The van der Waals surface area contributed by atoms with Crippen LogP contribution < -0.4 is 0 Å². The number of esters is 1. The third-order valence-electron chi connectivity index (χ3n) is 5.85. The van der Waals surface area contributed by atoms with Crippen LogP contribution in [-0.4, -0.2) is 23.3 Å². The van der Waals surface area contributed by atoms with E-state index in [1.807, 2.05) is 31.2 Å². The second kappa shape index (κ2) is 6.08. The summed E-state index contributed by atoms with van der Waals surface area (Å²) in [7, 11) is 0. The van der Waals surface area contributed by atoms with Gasteiger partial charge in [0.05, 0.1) is 0 Å². The van der Waals surface area contributed by atoms with Crippen molar-refractivity contribution in [3.05, 3.63) is 35.5 Å². The van der Waals surface area contributed by atoms with Crippen LogP contribution in [0.3, 0.4) is 0 Å². The van der Waals surface area contributed by atoms with E-state index in [1.165, 1.54) is 19.3 Å². The maximum atomic E-state index is 12.5. The number of Topliss-reactive ketones (excluding diaryl/α,β-unsaturated/α-hetero) is 1. The van der Waals surface area contributed by atoms with Gasteiger partial charge in [0.15, 0.2) is 6.61 Å². The predicted molar refractivity (Wildman–Crippen MR) is 91.9 cm³/mol. The monoisotopic (exact) mass is 325 g/mol. The van der Waals surface area contributed by atoms with Gasteiger partial charge in [0.2, 0.25) is 5.78 Å². The molecule has 1 aromatic carbocycles. The van der Waals surface area contributed by atoms with E-state index in [9.17, 15) is 9.59 Å². The quantitative estimate of drug-likeness (QED) is 0.667. The van der Waals surface area contributed by atoms with E-state index in [2.05, 4.69) is 4.98 Å². The Labute approximate surface area is 141 Å². The van der Waals surface area contributed by atoms with Gasteiger partial charge in [0, 0.05) is 28.6 Å². The zero-order valence-electron chi connectivity index (χ0n) is 14.0. The van der Waals surface area contributed by atoms with Crippen LogP contribution in [0.2, 0.25) is 0 Å². The lowest BCUT2D eigenvalue weighted by atomic mass is 9.86. The number of aryl methyl sites for hydroxylation is 1. The number of carbonyl (C=O) groups is 2. The Bertz CT molecular complexity index is 791. The van der Waals surface area contributed by atoms with Gasteiger partial charge < -0.3 is 9.72 Å². The van der Waals surface area contributed by atoms with Gasteiger partial charge in [-0.3, -0.25) is 9.59 Å². The average Bonchev–Trinajstić information content (AvgIpc) is 3.25. The first-order chi connectivity index (χ1) is 11.6. The molecule has 4 rings (SSSR count). The molecule has 0 spiro atoms. The van der Waals surface area contributed by atoms with Crippen molar-refractivity contribution in [3.8, 4) is 0 Å². The molecule has 2 bridgehead atoms. The molecule has 1 N–H and O–H groups in total. The van der Waals surface area contributed by atoms with Crippen molar-refractivity contribution in [3.63, 3.8) is 0 Å². The summed E-state index contributed by atoms with van der Waals surface area (Å²) in [5.74, 6) is 1.64. The molecule has 2 aliphatic rings. The summed E-state index contributed by atoms with van der Waals surface area (Å²) in [6.45, 7) is 1.71. The Hall–Kier alpha value is -2.10. The molecule has 24 heavy (non-hydrogen) atoms. The number of nitrogens with one attached hydrogen (secondary N) is 1. The molecule has 2 aliphatic carbocycles. The molecule has 3 unspecified atom stereocenters. The van der Waals surface area contributed by atoms with Crippen molar-refractivity contribution >= 4 is 22.7 Å². The van der Waals surface area contributed by atoms with Gasteiger partial charge in [-0.1, -0.05) is 24.6 Å². The Morgan fingerprint density at radius 2 is 2.04 bits per heavy atom. The van der Waals surface area contributed by atoms with Gasteiger partial charge in [-0.05, 0) is 50.0 Å². The van der Waals surface area contributed by atoms with E-state index in [4.69, 9.17) is 4.74 Å². The van der Waals surface area contributed by atoms with Gasteiger partial charge in [0.1, 0.15) is 0 Å². The van der Waals surface area contributed by atoms with Crippen LogP contribution in [0.4, 0.5) is 0 Å². The number of aromatic amines is 1. The van der Waals surface area contributed by atoms with Crippen molar-refractivity contribution in [1.82, 2.24) is 4.98 Å². The maximum Gasteiger partial charge on any atom is 0.306 e. The zero-order valence-corrected chi connectivity index (χ0v) is 14.0. The summed E-state index contributed by atoms with van der Waals surface area (Å²) in [6, 6.07) is 7.71. The van der Waals surface area contributed by atoms with Crippen molar-refractivity contribution in [1.29, 1.82) is 0 Å². The summed E-state index contributed by atoms with van der Waals surface area (Å²) < 4.78 is 5.30. The number of H-pyrrole nitrogens is 1. The van der Waals surface area contributed by atoms with Crippen molar-refractivity contribution in [2.45, 2.75) is 39.0 Å². The van der Waals surface area contributed by atoms with Gasteiger partial charge >= 0.3 is 5.97 Å². The first kappa shape index (κ1) is 15.4. The molecule has 0 aliphatic heterocycles. The standard InChI is InChI=1S/C20H23NO3/c1-12-20(16-4-2-3-5-17(16)21-12)18(22)11-24-19(23)10-15-9-13-6-7-14(15)8-13/h2-5,13-15,21H,6-11H2,1H3. The fourth-order valence-corrected chi connectivity index (χ4v) is 4.75. The lowest BCUT2D eigenvalue weighted by Gasteiger charge is -2.20. The molecular weight excluding hydrogens is 302 g/mol. The molecular formula is C20H23NO3. The topological polar surface area (TPSA) is 59.2 Å². The number of aromatic nitrogens is 1. The molecule has 3 atom stereocenters. The summed E-state index contributed by atoms with van der Waals surface area (Å²) in [5.41, 5.74) is 2.40. The molecule has 0 radical (unpaired) electrons. The van der Waals surface area contributed by atoms with Crippen LogP contribution in [0.5, 0.6) is 0 Å². The number of hydrogen-bond acceptors (Lipinski definition) is 3. The highest BCUT2D eigenvalue weighted by Crippen LogP contribution is 2.49. The first-order valence-corrected chi connectivity index (χ1v) is 8.88. The number of para-hydroxylation sites is 1. The number of rotatable bonds is 5. The fourth-order valence-electron chi connectivity index (χ4n) is 4.75. The molecule has 0 amide bonds. The summed E-state index contributed by atoms with van der Waals surface area (Å²) >= 11 is 0. The van der Waals surface area contributed by atoms with E-state index < -0.39 is 0 Å². The third-order valence-corrected chi connectivity index (χ3v) is 5.85. The van der Waals surface area contributed by atoms with Gasteiger partial charge in [-0.25, -0.2) is 0 Å². The third kappa shape index (κ3) is 2.74. The summed E-state index contributed by atoms with van der Waals surface area (Å²) in [4.78, 5) is 27.8. The van der Waals surface area contributed by atoms with E-state index in [-0.39, 0.29) is 18.4 Å². The van der Waals surface area contributed by atoms with Gasteiger partial charge in [0.25, 0.3) is 0 Å². The summed E-state index contributed by atoms with van der Waals surface area (Å²) in [5, 5.41) is 0.893. The van der Waals surface area contributed by atoms with E-state index in [0.29, 0.717) is 23.8 Å². The second-order valence-corrected chi connectivity index (χ2v) is 7.39. The normalized spacial score (nSPS) is 25.3. The molecule has 2 aromatic rings. The first-order valence-electron chi connectivity index (χ1n) is 8.88. The number of ketones is 1. The molecule has 126 valence electrons. The minimum atomic E-state index is -0.224. The van der Waals surface area contributed by atoms with Crippen LogP contribution in [0.1, 0.15) is 48.2 Å². The highest BCUT2D eigenvalue weighted by molar-refractivity contribution is 6.10. The maximum absolute atomic E-state index is 12.5. The smallest absolute Gasteiger partial charge is 0.306 e. The molecule has 4 heteroatoms. The lowest BCUT2D eigenvalue weighted by Crippen LogP contribution is -2.20. The van der Waals surface area contributed by atoms with Crippen LogP contribution >= 0.6 is 0 Å². The van der Waals surface area contributed by atoms with E-state index >= 15 is 0 Å². The second-order valence-electron chi connectivity index (χ2n) is 7.39. The Balaban J connectivity index is 1.37. The number of benzene rings is 1. The Morgan fingerprint density at radius 3 is 2.79 bits per heavy atom. The average molecular weight is 325 g/mol. The highest BCUT2D eigenvalue weighted by Gasteiger charge is 2.40. The largest absolute Gasteiger partial charge is 0.457 e. The van der Waals surface area contributed by atoms with Crippen molar-refractivity contribution in [2.75, 3.05) is 6.61 Å². The van der Waals surface area contributed by atoms with E-state index in [1.54, 1.807) is 0 Å². The molecule has 2 fully saturated rings. The van der Waals surface area contributed by atoms with Gasteiger partial charge in [-0.2, -0.15) is 0 Å². The number of hydrogen-bond donors (Lipinski definition) is 1. The fraction of sp³-hybridized carbons (Fsp3) is 0.500. The van der Waals surface area contributed by atoms with Crippen molar-refractivity contribution in [2.24, 2.45) is 17.8 Å². The molecule has 0 saturated heterocycles. The number of fused-ring (bicyclic) bond motifs is 3. The van der Waals surface area contributed by atoms with Crippen molar-refractivity contribution < 1.29 is 14.3 Å². The van der Waals surface area contributed by atoms with Crippen LogP contribution in [0.25, 0.3) is 10.9 Å². The number of carbonyl (C=O) groups excluding carboxylic acids is 2. The van der Waals surface area contributed by atoms with Gasteiger partial charge in [-0.15, -0.1) is 0 Å². The predicted octanol–water partition coefficient (Wildman–Crippen LogP) is 4.03. The Kier molecular flexibility index (Phi) is 3.91. The summed E-state index contributed by atoms with van der Waals surface area (Å²) in [6.07, 6.45) is 5.51. The molecule has 1 aromatic heterocycles. The number of ether oxygens (including phenoxy) is 1. The molecule has 2 saturated carbocycles.